The van der Waals surface area contributed by atoms with Crippen LogP contribution < -0.4 is 10.9 Å². The minimum atomic E-state index is -4.57. The molecule has 0 spiro atoms. The molecule has 1 amide bonds. The fourth-order valence-electron chi connectivity index (χ4n) is 2.85. The van der Waals surface area contributed by atoms with Crippen LogP contribution >= 0.6 is 0 Å². The Morgan fingerprint density at radius 2 is 2.12 bits per heavy atom. The molecule has 9 heteroatoms. The van der Waals surface area contributed by atoms with Gasteiger partial charge in [-0.15, -0.1) is 0 Å². The number of amides is 1. The monoisotopic (exact) mass is 375 g/mol. The minimum Gasteiger partial charge on any atom is -0.374 e. The second-order valence-corrected chi connectivity index (χ2v) is 6.83. The van der Waals surface area contributed by atoms with Crippen molar-refractivity contribution >= 4 is 5.91 Å². The molecule has 2 heterocycles. The fourth-order valence-corrected chi connectivity index (χ4v) is 2.85. The third-order valence-corrected chi connectivity index (χ3v) is 4.00. The predicted molar refractivity (Wildman–Crippen MR) is 89.7 cm³/mol. The molecular weight excluding hydrogens is 351 g/mol. The summed E-state index contributed by atoms with van der Waals surface area (Å²) >= 11 is 0. The number of nitrogens with one attached hydrogen (secondary N) is 1. The lowest BCUT2D eigenvalue weighted by molar-refractivity contribution is -0.138. The summed E-state index contributed by atoms with van der Waals surface area (Å²) in [6.45, 7) is 7.06. The molecule has 1 aromatic rings. The smallest absolute Gasteiger partial charge is 0.374 e. The van der Waals surface area contributed by atoms with Gasteiger partial charge in [0.2, 0.25) is 5.91 Å². The molecule has 1 N–H and O–H groups in total. The first-order valence-corrected chi connectivity index (χ1v) is 8.53. The quantitative estimate of drug-likeness (QED) is 0.815. The lowest BCUT2D eigenvalue weighted by atomic mass is 10.2. The molecular formula is C17H24F3N3O3. The zero-order valence-electron chi connectivity index (χ0n) is 14.9. The minimum absolute atomic E-state index is 0.176. The summed E-state index contributed by atoms with van der Waals surface area (Å²) in [5, 5.41) is 2.63. The van der Waals surface area contributed by atoms with Gasteiger partial charge in [0.1, 0.15) is 6.54 Å². The molecule has 1 aliphatic rings. The van der Waals surface area contributed by atoms with E-state index in [9.17, 15) is 22.8 Å². The standard InChI is InChI=1S/C17H24F3N3O3/c1-12(2)8-22-5-6-26-14(10-22)7-21-15(24)11-23-9-13(17(18,19)20)3-4-16(23)25/h3-4,9,12,14H,5-8,10-11H2,1-2H3,(H,21,24). The number of pyridine rings is 1. The number of alkyl halides is 3. The molecule has 1 aromatic heterocycles. The number of carbonyl (C=O) groups excluding carboxylic acids is 1. The van der Waals surface area contributed by atoms with Crippen molar-refractivity contribution in [1.82, 2.24) is 14.8 Å². The van der Waals surface area contributed by atoms with E-state index in [1.807, 2.05) is 0 Å². The van der Waals surface area contributed by atoms with Crippen molar-refractivity contribution in [3.05, 3.63) is 34.2 Å². The number of hydrogen-bond acceptors (Lipinski definition) is 4. The van der Waals surface area contributed by atoms with E-state index >= 15 is 0 Å². The van der Waals surface area contributed by atoms with Crippen LogP contribution in [-0.2, 0) is 22.3 Å². The Balaban J connectivity index is 1.88. The number of nitrogens with zero attached hydrogens (tertiary/aromatic N) is 2. The van der Waals surface area contributed by atoms with E-state index in [1.165, 1.54) is 0 Å². The number of aromatic nitrogens is 1. The fraction of sp³-hybridized carbons (Fsp3) is 0.647. The van der Waals surface area contributed by atoms with Gasteiger partial charge in [0.15, 0.2) is 0 Å². The predicted octanol–water partition coefficient (Wildman–Crippen LogP) is 1.34. The molecule has 1 unspecified atom stereocenters. The molecule has 0 aromatic carbocycles. The van der Waals surface area contributed by atoms with Crippen LogP contribution in [0.5, 0.6) is 0 Å². The number of halogens is 3. The topological polar surface area (TPSA) is 63.6 Å². The average molecular weight is 375 g/mol. The van der Waals surface area contributed by atoms with Crippen LogP contribution in [0.25, 0.3) is 0 Å². The number of carbonyl (C=O) groups is 1. The van der Waals surface area contributed by atoms with Gasteiger partial charge in [-0.1, -0.05) is 13.8 Å². The second-order valence-electron chi connectivity index (χ2n) is 6.83. The summed E-state index contributed by atoms with van der Waals surface area (Å²) in [5.74, 6) is -0.00728. The first kappa shape index (κ1) is 20.4. The van der Waals surface area contributed by atoms with Crippen LogP contribution in [0.15, 0.2) is 23.1 Å². The third-order valence-electron chi connectivity index (χ3n) is 4.00. The first-order chi connectivity index (χ1) is 12.1. The third kappa shape index (κ3) is 6.14. The summed E-state index contributed by atoms with van der Waals surface area (Å²) in [6.07, 6.45) is -4.09. The summed E-state index contributed by atoms with van der Waals surface area (Å²) in [4.78, 5) is 25.9. The maximum atomic E-state index is 12.7. The van der Waals surface area contributed by atoms with Crippen LogP contribution in [0, 0.1) is 5.92 Å². The Kier molecular flexibility index (Phi) is 6.82. The summed E-state index contributed by atoms with van der Waals surface area (Å²) in [5.41, 5.74) is -1.63. The zero-order chi connectivity index (χ0) is 19.3. The SMILES string of the molecule is CC(C)CN1CCOC(CNC(=O)Cn2cc(C(F)(F)F)ccc2=O)C1. The largest absolute Gasteiger partial charge is 0.417 e. The normalized spacial score (nSPS) is 18.9. The molecule has 1 aliphatic heterocycles. The van der Waals surface area contributed by atoms with Gasteiger partial charge in [-0.3, -0.25) is 14.5 Å². The Labute approximate surface area is 149 Å². The van der Waals surface area contributed by atoms with Gasteiger partial charge in [0, 0.05) is 38.4 Å². The van der Waals surface area contributed by atoms with E-state index in [4.69, 9.17) is 4.74 Å². The Morgan fingerprint density at radius 3 is 2.77 bits per heavy atom. The van der Waals surface area contributed by atoms with E-state index in [0.29, 0.717) is 31.3 Å². The van der Waals surface area contributed by atoms with E-state index in [0.717, 1.165) is 23.7 Å². The van der Waals surface area contributed by atoms with Gasteiger partial charge in [-0.05, 0) is 12.0 Å². The van der Waals surface area contributed by atoms with Crippen molar-refractivity contribution in [2.24, 2.45) is 5.92 Å². The van der Waals surface area contributed by atoms with Crippen LogP contribution in [0.1, 0.15) is 19.4 Å². The maximum Gasteiger partial charge on any atom is 0.417 e. The van der Waals surface area contributed by atoms with Crippen LogP contribution in [0.2, 0.25) is 0 Å². The molecule has 6 nitrogen and oxygen atoms in total. The van der Waals surface area contributed by atoms with Gasteiger partial charge in [-0.2, -0.15) is 13.2 Å². The first-order valence-electron chi connectivity index (χ1n) is 8.53. The van der Waals surface area contributed by atoms with E-state index < -0.39 is 29.8 Å². The summed E-state index contributed by atoms with van der Waals surface area (Å²) < 4.78 is 44.5. The maximum absolute atomic E-state index is 12.7. The Hall–Kier alpha value is -1.87. The van der Waals surface area contributed by atoms with Crippen molar-refractivity contribution < 1.29 is 22.7 Å². The number of ether oxygens (including phenoxy) is 1. The van der Waals surface area contributed by atoms with Gasteiger partial charge in [0.25, 0.3) is 5.56 Å². The van der Waals surface area contributed by atoms with Crippen molar-refractivity contribution in [3.63, 3.8) is 0 Å². The van der Waals surface area contributed by atoms with Crippen molar-refractivity contribution in [2.45, 2.75) is 32.7 Å². The molecule has 146 valence electrons. The number of morpholine rings is 1. The summed E-state index contributed by atoms with van der Waals surface area (Å²) in [7, 11) is 0. The average Bonchev–Trinajstić information content (AvgIpc) is 2.54. The molecule has 1 fully saturated rings. The number of hydrogen-bond donors (Lipinski definition) is 1. The van der Waals surface area contributed by atoms with E-state index in [1.54, 1.807) is 0 Å². The van der Waals surface area contributed by atoms with Gasteiger partial charge < -0.3 is 14.6 Å². The number of rotatable bonds is 6. The highest BCUT2D eigenvalue weighted by Gasteiger charge is 2.31. The molecule has 1 saturated heterocycles. The van der Waals surface area contributed by atoms with Crippen molar-refractivity contribution in [2.75, 3.05) is 32.8 Å². The lowest BCUT2D eigenvalue weighted by Gasteiger charge is -2.33. The van der Waals surface area contributed by atoms with Crippen LogP contribution in [-0.4, -0.2) is 54.3 Å². The Morgan fingerprint density at radius 1 is 1.38 bits per heavy atom. The zero-order valence-corrected chi connectivity index (χ0v) is 14.9. The molecule has 0 radical (unpaired) electrons. The van der Waals surface area contributed by atoms with Crippen molar-refractivity contribution in [1.29, 1.82) is 0 Å². The lowest BCUT2D eigenvalue weighted by Crippen LogP contribution is -2.48. The van der Waals surface area contributed by atoms with E-state index in [-0.39, 0.29) is 12.6 Å². The Bertz CT molecular complexity index is 673. The highest BCUT2D eigenvalue weighted by molar-refractivity contribution is 5.75. The second kappa shape index (κ2) is 8.68. The molecule has 26 heavy (non-hydrogen) atoms. The highest BCUT2D eigenvalue weighted by Crippen LogP contribution is 2.27. The van der Waals surface area contributed by atoms with Crippen LogP contribution in [0.4, 0.5) is 13.2 Å². The van der Waals surface area contributed by atoms with Gasteiger partial charge >= 0.3 is 6.18 Å². The highest BCUT2D eigenvalue weighted by atomic mass is 19.4. The van der Waals surface area contributed by atoms with Gasteiger partial charge in [-0.25, -0.2) is 0 Å². The van der Waals surface area contributed by atoms with Crippen molar-refractivity contribution in [3.8, 4) is 0 Å². The molecule has 0 aliphatic carbocycles. The molecule has 0 bridgehead atoms. The molecule has 2 rings (SSSR count). The van der Waals surface area contributed by atoms with Gasteiger partial charge in [0.05, 0.1) is 18.3 Å². The summed E-state index contributed by atoms with van der Waals surface area (Å²) in [6, 6.07) is 1.51. The molecule has 0 saturated carbocycles. The van der Waals surface area contributed by atoms with E-state index in [2.05, 4.69) is 24.1 Å². The molecule has 1 atom stereocenters. The van der Waals surface area contributed by atoms with Crippen LogP contribution in [0.3, 0.4) is 0 Å².